The van der Waals surface area contributed by atoms with Gasteiger partial charge in [-0.05, 0) is 18.6 Å². The summed E-state index contributed by atoms with van der Waals surface area (Å²) in [5, 5.41) is 8.91. The van der Waals surface area contributed by atoms with E-state index in [1.165, 1.54) is 0 Å². The summed E-state index contributed by atoms with van der Waals surface area (Å²) in [5.74, 6) is 1.16. The number of nitrogens with zero attached hydrogens (tertiary/aromatic N) is 4. The van der Waals surface area contributed by atoms with E-state index >= 15 is 0 Å². The third-order valence-corrected chi connectivity index (χ3v) is 3.82. The Morgan fingerprint density at radius 3 is 2.75 bits per heavy atom. The maximum atomic E-state index is 12.1. The van der Waals surface area contributed by atoms with Gasteiger partial charge in [0.1, 0.15) is 5.82 Å². The van der Waals surface area contributed by atoms with Gasteiger partial charge < -0.3 is 9.80 Å². The molecule has 1 aromatic heterocycles. The lowest BCUT2D eigenvalue weighted by atomic mass is 10.1. The fraction of sp³-hybridized carbons (Fsp3) is 0.533. The van der Waals surface area contributed by atoms with Crippen LogP contribution >= 0.6 is 0 Å². The van der Waals surface area contributed by atoms with Crippen molar-refractivity contribution in [3.05, 3.63) is 23.9 Å². The van der Waals surface area contributed by atoms with E-state index < -0.39 is 0 Å². The monoisotopic (exact) mass is 272 g/mol. The summed E-state index contributed by atoms with van der Waals surface area (Å²) >= 11 is 0. The van der Waals surface area contributed by atoms with E-state index in [1.807, 2.05) is 18.7 Å². The molecular formula is C15H20N4O. The molecule has 0 N–H and O–H groups in total. The predicted molar refractivity (Wildman–Crippen MR) is 77.2 cm³/mol. The van der Waals surface area contributed by atoms with Crippen molar-refractivity contribution in [1.82, 2.24) is 9.88 Å². The van der Waals surface area contributed by atoms with Gasteiger partial charge in [-0.25, -0.2) is 4.98 Å². The van der Waals surface area contributed by atoms with Gasteiger partial charge in [0.25, 0.3) is 0 Å². The molecule has 1 aromatic rings. The van der Waals surface area contributed by atoms with Crippen molar-refractivity contribution in [2.24, 2.45) is 5.92 Å². The van der Waals surface area contributed by atoms with Crippen LogP contribution in [-0.2, 0) is 4.79 Å². The number of carbonyl (C=O) groups is 1. The van der Waals surface area contributed by atoms with Crippen LogP contribution in [0.4, 0.5) is 5.82 Å². The van der Waals surface area contributed by atoms with Crippen LogP contribution in [-0.4, -0.2) is 42.0 Å². The second kappa shape index (κ2) is 6.38. The van der Waals surface area contributed by atoms with Crippen LogP contribution in [0, 0.1) is 17.2 Å². The zero-order valence-electron chi connectivity index (χ0n) is 12.0. The van der Waals surface area contributed by atoms with Crippen molar-refractivity contribution in [3.63, 3.8) is 0 Å². The standard InChI is InChI=1S/C15H20N4O/c1-3-12(2)15(20)19-8-6-18(7-9-19)14-10-13(11-16)4-5-17-14/h4-5,10,12H,3,6-9H2,1-2H3. The molecule has 2 heterocycles. The first kappa shape index (κ1) is 14.3. The average molecular weight is 272 g/mol. The maximum absolute atomic E-state index is 12.1. The summed E-state index contributed by atoms with van der Waals surface area (Å²) in [4.78, 5) is 20.5. The average Bonchev–Trinajstić information content (AvgIpc) is 2.53. The fourth-order valence-electron chi connectivity index (χ4n) is 2.30. The van der Waals surface area contributed by atoms with E-state index in [1.54, 1.807) is 18.3 Å². The van der Waals surface area contributed by atoms with Gasteiger partial charge in [-0.1, -0.05) is 13.8 Å². The van der Waals surface area contributed by atoms with Gasteiger partial charge in [-0.2, -0.15) is 5.26 Å². The SMILES string of the molecule is CCC(C)C(=O)N1CCN(c2cc(C#N)ccn2)CC1. The summed E-state index contributed by atoms with van der Waals surface area (Å²) in [6.45, 7) is 7.00. The third kappa shape index (κ3) is 3.08. The minimum absolute atomic E-state index is 0.0987. The van der Waals surface area contributed by atoms with Crippen molar-refractivity contribution in [3.8, 4) is 6.07 Å². The van der Waals surface area contributed by atoms with E-state index in [-0.39, 0.29) is 11.8 Å². The molecule has 5 nitrogen and oxygen atoms in total. The highest BCUT2D eigenvalue weighted by atomic mass is 16.2. The molecular weight excluding hydrogens is 252 g/mol. The van der Waals surface area contributed by atoms with Gasteiger partial charge >= 0.3 is 0 Å². The van der Waals surface area contributed by atoms with Gasteiger partial charge in [0.05, 0.1) is 11.6 Å². The van der Waals surface area contributed by atoms with Gasteiger partial charge in [0, 0.05) is 38.3 Å². The first-order valence-corrected chi connectivity index (χ1v) is 7.05. The quantitative estimate of drug-likeness (QED) is 0.839. The lowest BCUT2D eigenvalue weighted by Crippen LogP contribution is -2.50. The number of pyridine rings is 1. The van der Waals surface area contributed by atoms with Crippen molar-refractivity contribution in [1.29, 1.82) is 5.26 Å². The smallest absolute Gasteiger partial charge is 0.225 e. The summed E-state index contributed by atoms with van der Waals surface area (Å²) in [6, 6.07) is 5.62. The number of anilines is 1. The highest BCUT2D eigenvalue weighted by Gasteiger charge is 2.24. The summed E-state index contributed by atoms with van der Waals surface area (Å²) in [5.41, 5.74) is 0.619. The highest BCUT2D eigenvalue weighted by molar-refractivity contribution is 5.78. The van der Waals surface area contributed by atoms with E-state index in [0.29, 0.717) is 5.56 Å². The van der Waals surface area contributed by atoms with Gasteiger partial charge in [0.2, 0.25) is 5.91 Å². The number of aromatic nitrogens is 1. The fourth-order valence-corrected chi connectivity index (χ4v) is 2.30. The molecule has 106 valence electrons. The van der Waals surface area contributed by atoms with Gasteiger partial charge in [0.15, 0.2) is 0 Å². The maximum Gasteiger partial charge on any atom is 0.225 e. The van der Waals surface area contributed by atoms with Crippen LogP contribution in [0.15, 0.2) is 18.3 Å². The number of carbonyl (C=O) groups excluding carboxylic acids is 1. The molecule has 1 saturated heterocycles. The molecule has 1 unspecified atom stereocenters. The molecule has 1 aliphatic rings. The second-order valence-electron chi connectivity index (χ2n) is 5.14. The molecule has 0 saturated carbocycles. The zero-order valence-corrected chi connectivity index (χ0v) is 12.0. The Bertz CT molecular complexity index is 515. The Labute approximate surface area is 119 Å². The van der Waals surface area contributed by atoms with Gasteiger partial charge in [-0.3, -0.25) is 4.79 Å². The highest BCUT2D eigenvalue weighted by Crippen LogP contribution is 2.16. The minimum Gasteiger partial charge on any atom is -0.353 e. The van der Waals surface area contributed by atoms with E-state index in [9.17, 15) is 4.79 Å². The number of hydrogen-bond donors (Lipinski definition) is 0. The number of amides is 1. The third-order valence-electron chi connectivity index (χ3n) is 3.82. The molecule has 0 bridgehead atoms. The van der Waals surface area contributed by atoms with Gasteiger partial charge in [-0.15, -0.1) is 0 Å². The van der Waals surface area contributed by atoms with E-state index in [4.69, 9.17) is 5.26 Å². The molecule has 1 atom stereocenters. The number of rotatable bonds is 3. The number of piperazine rings is 1. The van der Waals surface area contributed by atoms with E-state index in [2.05, 4.69) is 16.0 Å². The predicted octanol–water partition coefficient (Wildman–Crippen LogP) is 1.65. The van der Waals surface area contributed by atoms with Crippen LogP contribution in [0.5, 0.6) is 0 Å². The van der Waals surface area contributed by atoms with Crippen molar-refractivity contribution < 1.29 is 4.79 Å². The van der Waals surface area contributed by atoms with Crippen LogP contribution < -0.4 is 4.90 Å². The molecule has 5 heteroatoms. The van der Waals surface area contributed by atoms with Crippen molar-refractivity contribution >= 4 is 11.7 Å². The Hall–Kier alpha value is -2.09. The Morgan fingerprint density at radius 2 is 2.15 bits per heavy atom. The normalized spacial score (nSPS) is 16.6. The van der Waals surface area contributed by atoms with Crippen molar-refractivity contribution in [2.75, 3.05) is 31.1 Å². The number of nitriles is 1. The molecule has 0 aliphatic carbocycles. The lowest BCUT2D eigenvalue weighted by molar-refractivity contribution is -0.135. The molecule has 20 heavy (non-hydrogen) atoms. The van der Waals surface area contributed by atoms with Crippen LogP contribution in [0.3, 0.4) is 0 Å². The van der Waals surface area contributed by atoms with E-state index in [0.717, 1.165) is 38.4 Å². The first-order chi connectivity index (χ1) is 9.65. The summed E-state index contributed by atoms with van der Waals surface area (Å²) in [6.07, 6.45) is 2.54. The minimum atomic E-state index is 0.0987. The molecule has 1 amide bonds. The Balaban J connectivity index is 1.97. The Kier molecular flexibility index (Phi) is 4.57. The lowest BCUT2D eigenvalue weighted by Gasteiger charge is -2.36. The largest absolute Gasteiger partial charge is 0.353 e. The molecule has 0 aromatic carbocycles. The molecule has 1 fully saturated rings. The number of hydrogen-bond acceptors (Lipinski definition) is 4. The van der Waals surface area contributed by atoms with Crippen LogP contribution in [0.25, 0.3) is 0 Å². The Morgan fingerprint density at radius 1 is 1.45 bits per heavy atom. The summed E-state index contributed by atoms with van der Waals surface area (Å²) in [7, 11) is 0. The molecule has 0 radical (unpaired) electrons. The van der Waals surface area contributed by atoms with Crippen LogP contribution in [0.2, 0.25) is 0 Å². The first-order valence-electron chi connectivity index (χ1n) is 7.05. The molecule has 2 rings (SSSR count). The second-order valence-corrected chi connectivity index (χ2v) is 5.14. The molecule has 1 aliphatic heterocycles. The van der Waals surface area contributed by atoms with Crippen LogP contribution in [0.1, 0.15) is 25.8 Å². The topological polar surface area (TPSA) is 60.2 Å². The van der Waals surface area contributed by atoms with Crippen molar-refractivity contribution in [2.45, 2.75) is 20.3 Å². The zero-order chi connectivity index (χ0) is 14.5. The molecule has 0 spiro atoms. The summed E-state index contributed by atoms with van der Waals surface area (Å²) < 4.78 is 0.